The van der Waals surface area contributed by atoms with E-state index in [9.17, 15) is 0 Å². The van der Waals surface area contributed by atoms with Crippen LogP contribution in [0.15, 0.2) is 55.0 Å². The minimum Gasteiger partial charge on any atom is -0.489 e. The molecule has 4 aromatic rings. The molecule has 4 nitrogen and oxygen atoms in total. The first-order valence-corrected chi connectivity index (χ1v) is 7.20. The van der Waals surface area contributed by atoms with Crippen LogP contribution in [-0.2, 0) is 6.61 Å². The Morgan fingerprint density at radius 2 is 1.86 bits per heavy atom. The van der Waals surface area contributed by atoms with Gasteiger partial charge in [0.25, 0.3) is 0 Å². The zero-order valence-corrected chi connectivity index (χ0v) is 12.2. The highest BCUT2D eigenvalue weighted by Crippen LogP contribution is 2.29. The van der Waals surface area contributed by atoms with Crippen molar-refractivity contribution in [3.63, 3.8) is 0 Å². The van der Waals surface area contributed by atoms with E-state index in [4.69, 9.17) is 4.74 Å². The zero-order valence-electron chi connectivity index (χ0n) is 12.2. The first-order valence-electron chi connectivity index (χ1n) is 7.20. The van der Waals surface area contributed by atoms with Gasteiger partial charge in [0.2, 0.25) is 0 Å². The molecule has 0 aliphatic heterocycles. The number of H-pyrrole nitrogens is 1. The predicted molar refractivity (Wildman–Crippen MR) is 86.9 cm³/mol. The second-order valence-corrected chi connectivity index (χ2v) is 5.30. The molecule has 22 heavy (non-hydrogen) atoms. The third-order valence-electron chi connectivity index (χ3n) is 3.84. The highest BCUT2D eigenvalue weighted by Gasteiger charge is 2.07. The van der Waals surface area contributed by atoms with Gasteiger partial charge in [0, 0.05) is 35.4 Å². The van der Waals surface area contributed by atoms with Crippen molar-refractivity contribution in [1.29, 1.82) is 0 Å². The van der Waals surface area contributed by atoms with E-state index in [0.717, 1.165) is 28.0 Å². The average molecular weight is 289 g/mol. The van der Waals surface area contributed by atoms with Crippen LogP contribution in [0.4, 0.5) is 0 Å². The van der Waals surface area contributed by atoms with Crippen molar-refractivity contribution in [3.05, 3.63) is 66.2 Å². The van der Waals surface area contributed by atoms with E-state index in [0.29, 0.717) is 6.61 Å². The molecule has 0 aliphatic rings. The second kappa shape index (κ2) is 5.15. The van der Waals surface area contributed by atoms with E-state index in [1.165, 1.54) is 10.8 Å². The monoisotopic (exact) mass is 289 g/mol. The van der Waals surface area contributed by atoms with Crippen LogP contribution in [0.25, 0.3) is 21.8 Å². The number of aromatic amines is 1. The van der Waals surface area contributed by atoms with Crippen molar-refractivity contribution in [1.82, 2.24) is 15.0 Å². The molecule has 0 saturated heterocycles. The molecule has 0 amide bonds. The Hall–Kier alpha value is -2.88. The van der Waals surface area contributed by atoms with Crippen LogP contribution in [0.2, 0.25) is 0 Å². The van der Waals surface area contributed by atoms with Gasteiger partial charge < -0.3 is 9.72 Å². The zero-order chi connectivity index (χ0) is 14.9. The fourth-order valence-corrected chi connectivity index (χ4v) is 2.68. The Kier molecular flexibility index (Phi) is 3.00. The Morgan fingerprint density at radius 3 is 2.73 bits per heavy atom. The summed E-state index contributed by atoms with van der Waals surface area (Å²) in [6.45, 7) is 2.55. The molecule has 4 heteroatoms. The van der Waals surface area contributed by atoms with Gasteiger partial charge in [-0.05, 0) is 42.8 Å². The molecule has 0 radical (unpaired) electrons. The van der Waals surface area contributed by atoms with Gasteiger partial charge in [-0.25, -0.2) is 0 Å². The van der Waals surface area contributed by atoms with Crippen molar-refractivity contribution in [2.24, 2.45) is 0 Å². The lowest BCUT2D eigenvalue weighted by molar-refractivity contribution is 0.306. The van der Waals surface area contributed by atoms with Crippen LogP contribution in [0, 0.1) is 6.92 Å². The molecule has 0 saturated carbocycles. The number of pyridine rings is 2. The molecule has 0 atom stereocenters. The van der Waals surface area contributed by atoms with Crippen molar-refractivity contribution < 1.29 is 4.74 Å². The quantitative estimate of drug-likeness (QED) is 0.620. The highest BCUT2D eigenvalue weighted by atomic mass is 16.5. The number of nitrogens with one attached hydrogen (secondary N) is 1. The number of hydrogen-bond acceptors (Lipinski definition) is 3. The summed E-state index contributed by atoms with van der Waals surface area (Å²) < 4.78 is 5.86. The molecular formula is C18H15N3O. The van der Waals surface area contributed by atoms with Crippen molar-refractivity contribution in [2.45, 2.75) is 13.5 Å². The van der Waals surface area contributed by atoms with Gasteiger partial charge in [-0.15, -0.1) is 0 Å². The molecule has 0 aliphatic carbocycles. The minimum atomic E-state index is 0.537. The van der Waals surface area contributed by atoms with E-state index in [1.54, 1.807) is 12.4 Å². The van der Waals surface area contributed by atoms with Crippen molar-refractivity contribution in [3.8, 4) is 5.75 Å². The largest absolute Gasteiger partial charge is 0.489 e. The number of fused-ring (bicyclic) bond motifs is 3. The molecule has 0 spiro atoms. The molecule has 0 bridgehead atoms. The van der Waals surface area contributed by atoms with Crippen molar-refractivity contribution in [2.75, 3.05) is 0 Å². The first-order chi connectivity index (χ1) is 10.8. The maximum atomic E-state index is 5.86. The van der Waals surface area contributed by atoms with Gasteiger partial charge in [0.05, 0.1) is 16.7 Å². The van der Waals surface area contributed by atoms with Crippen LogP contribution in [0.3, 0.4) is 0 Å². The van der Waals surface area contributed by atoms with Crippen LogP contribution >= 0.6 is 0 Å². The number of ether oxygens (including phenoxy) is 1. The fourth-order valence-electron chi connectivity index (χ4n) is 2.68. The Balaban J connectivity index is 1.69. The third-order valence-corrected chi connectivity index (χ3v) is 3.84. The van der Waals surface area contributed by atoms with Gasteiger partial charge in [-0.1, -0.05) is 0 Å². The molecule has 1 N–H and O–H groups in total. The maximum Gasteiger partial charge on any atom is 0.121 e. The molecular weight excluding hydrogens is 274 g/mol. The summed E-state index contributed by atoms with van der Waals surface area (Å²) >= 11 is 0. The Morgan fingerprint density at radius 1 is 1.00 bits per heavy atom. The van der Waals surface area contributed by atoms with Crippen LogP contribution < -0.4 is 4.74 Å². The van der Waals surface area contributed by atoms with Gasteiger partial charge >= 0.3 is 0 Å². The normalized spacial score (nSPS) is 11.1. The molecule has 1 aromatic carbocycles. The van der Waals surface area contributed by atoms with Crippen LogP contribution in [0.5, 0.6) is 5.75 Å². The van der Waals surface area contributed by atoms with E-state index in [1.807, 2.05) is 43.5 Å². The number of aryl methyl sites for hydroxylation is 1. The SMILES string of the molecule is Cc1nccc2c1[nH]c1cc(OCc3ccncc3)ccc12. The Labute approximate surface area is 127 Å². The summed E-state index contributed by atoms with van der Waals surface area (Å²) in [5.41, 5.74) is 4.27. The predicted octanol–water partition coefficient (Wildman–Crippen LogP) is 4.00. The molecule has 0 fully saturated rings. The van der Waals surface area contributed by atoms with Gasteiger partial charge in [0.15, 0.2) is 0 Å². The summed E-state index contributed by atoms with van der Waals surface area (Å²) in [6, 6.07) is 12.1. The third kappa shape index (κ3) is 2.19. The second-order valence-electron chi connectivity index (χ2n) is 5.30. The smallest absolute Gasteiger partial charge is 0.121 e. The molecule has 108 valence electrons. The summed E-state index contributed by atoms with van der Waals surface area (Å²) in [4.78, 5) is 11.8. The number of hydrogen-bond donors (Lipinski definition) is 1. The van der Waals surface area contributed by atoms with E-state index < -0.39 is 0 Å². The van der Waals surface area contributed by atoms with Gasteiger partial charge in [-0.2, -0.15) is 0 Å². The number of rotatable bonds is 3. The average Bonchev–Trinajstić information content (AvgIpc) is 2.93. The first kappa shape index (κ1) is 12.8. The summed E-state index contributed by atoms with van der Waals surface area (Å²) in [5, 5.41) is 2.39. The standard InChI is InChI=1S/C18H15N3O/c1-12-18-16(6-9-20-12)15-3-2-14(10-17(15)21-18)22-11-13-4-7-19-8-5-13/h2-10,21H,11H2,1H3. The molecule has 3 aromatic heterocycles. The minimum absolute atomic E-state index is 0.537. The number of nitrogens with zero attached hydrogens (tertiary/aromatic N) is 2. The van der Waals surface area contributed by atoms with Crippen LogP contribution in [-0.4, -0.2) is 15.0 Å². The Bertz CT molecular complexity index is 945. The van der Waals surface area contributed by atoms with Gasteiger partial charge in [-0.3, -0.25) is 9.97 Å². The molecule has 0 unspecified atom stereocenters. The lowest BCUT2D eigenvalue weighted by Crippen LogP contribution is -1.95. The number of benzene rings is 1. The van der Waals surface area contributed by atoms with Gasteiger partial charge in [0.1, 0.15) is 12.4 Å². The lowest BCUT2D eigenvalue weighted by Gasteiger charge is -2.06. The van der Waals surface area contributed by atoms with Crippen molar-refractivity contribution >= 4 is 21.8 Å². The summed E-state index contributed by atoms with van der Waals surface area (Å²) in [6.07, 6.45) is 5.39. The summed E-state index contributed by atoms with van der Waals surface area (Å²) in [7, 11) is 0. The highest BCUT2D eigenvalue weighted by molar-refractivity contribution is 6.08. The summed E-state index contributed by atoms with van der Waals surface area (Å²) in [5.74, 6) is 0.849. The van der Waals surface area contributed by atoms with E-state index in [-0.39, 0.29) is 0 Å². The lowest BCUT2D eigenvalue weighted by atomic mass is 10.1. The molecule has 3 heterocycles. The molecule has 4 rings (SSSR count). The fraction of sp³-hybridized carbons (Fsp3) is 0.111. The topological polar surface area (TPSA) is 50.8 Å². The van der Waals surface area contributed by atoms with E-state index in [2.05, 4.69) is 21.0 Å². The van der Waals surface area contributed by atoms with Crippen LogP contribution in [0.1, 0.15) is 11.3 Å². The van der Waals surface area contributed by atoms with E-state index >= 15 is 0 Å². The number of aromatic nitrogens is 3. The maximum absolute atomic E-state index is 5.86.